The molecule has 0 aliphatic rings. The Labute approximate surface area is 97.1 Å². The molecule has 7 nitrogen and oxygen atoms in total. The van der Waals surface area contributed by atoms with Crippen molar-refractivity contribution in [1.82, 2.24) is 15.4 Å². The van der Waals surface area contributed by atoms with Gasteiger partial charge in [0.2, 0.25) is 11.5 Å². The molecule has 0 aliphatic heterocycles. The Morgan fingerprint density at radius 3 is 2.59 bits per heavy atom. The monoisotopic (exact) mass is 249 g/mol. The second-order valence-electron chi connectivity index (χ2n) is 3.05. The molecule has 1 heterocycles. The van der Waals surface area contributed by atoms with Crippen molar-refractivity contribution in [3.8, 4) is 6.07 Å². The molecule has 8 heteroatoms. The van der Waals surface area contributed by atoms with Crippen LogP contribution in [0.15, 0.2) is 35.2 Å². The van der Waals surface area contributed by atoms with E-state index in [1.807, 2.05) is 0 Å². The van der Waals surface area contributed by atoms with Crippen LogP contribution in [0.3, 0.4) is 0 Å². The molecule has 0 aliphatic carbocycles. The van der Waals surface area contributed by atoms with Crippen LogP contribution in [-0.4, -0.2) is 23.8 Å². The van der Waals surface area contributed by atoms with Crippen LogP contribution in [0.1, 0.15) is 5.69 Å². The van der Waals surface area contributed by atoms with Gasteiger partial charge in [-0.05, 0) is 12.1 Å². The molecule has 2 aromatic rings. The van der Waals surface area contributed by atoms with Crippen molar-refractivity contribution in [2.75, 3.05) is 4.72 Å². The Hall–Kier alpha value is -2.40. The van der Waals surface area contributed by atoms with Crippen LogP contribution in [0.4, 0.5) is 5.82 Å². The van der Waals surface area contributed by atoms with E-state index in [9.17, 15) is 8.42 Å². The normalized spacial score (nSPS) is 10.8. The molecule has 0 saturated carbocycles. The number of anilines is 1. The van der Waals surface area contributed by atoms with Gasteiger partial charge >= 0.3 is 0 Å². The predicted molar refractivity (Wildman–Crippen MR) is 58.3 cm³/mol. The van der Waals surface area contributed by atoms with Gasteiger partial charge in [-0.2, -0.15) is 10.5 Å². The SMILES string of the molecule is N#Cc1n[nH]nc1NS(=O)(=O)c1ccccc1. The zero-order valence-corrected chi connectivity index (χ0v) is 9.27. The third-order valence-corrected chi connectivity index (χ3v) is 3.29. The average molecular weight is 249 g/mol. The lowest BCUT2D eigenvalue weighted by Crippen LogP contribution is -2.13. The standard InChI is InChI=1S/C9H7N5O2S/c10-6-8-9(12-14-11-8)13-17(15,16)7-4-2-1-3-5-7/h1-5H,(H2,11,12,13,14). The van der Waals surface area contributed by atoms with Gasteiger partial charge in [-0.3, -0.25) is 4.72 Å². The minimum atomic E-state index is -3.74. The fourth-order valence-electron chi connectivity index (χ4n) is 1.17. The summed E-state index contributed by atoms with van der Waals surface area (Å²) in [4.78, 5) is 0.0897. The number of aromatic nitrogens is 3. The quantitative estimate of drug-likeness (QED) is 0.821. The summed E-state index contributed by atoms with van der Waals surface area (Å²) in [5.41, 5.74) is -0.107. The number of nitrogens with zero attached hydrogens (tertiary/aromatic N) is 3. The summed E-state index contributed by atoms with van der Waals surface area (Å²) in [6, 6.07) is 9.50. The Balaban J connectivity index is 2.34. The smallest absolute Gasteiger partial charge is 0.259 e. The summed E-state index contributed by atoms with van der Waals surface area (Å²) < 4.78 is 25.9. The number of hydrogen-bond donors (Lipinski definition) is 2. The summed E-state index contributed by atoms with van der Waals surface area (Å²) in [6.07, 6.45) is 0. The van der Waals surface area contributed by atoms with Crippen LogP contribution in [0.25, 0.3) is 0 Å². The van der Waals surface area contributed by atoms with Crippen LogP contribution in [0.2, 0.25) is 0 Å². The van der Waals surface area contributed by atoms with Gasteiger partial charge in [-0.25, -0.2) is 8.42 Å². The van der Waals surface area contributed by atoms with E-state index < -0.39 is 10.0 Å². The first kappa shape index (κ1) is 11.1. The number of rotatable bonds is 3. The molecule has 2 N–H and O–H groups in total. The van der Waals surface area contributed by atoms with E-state index in [-0.39, 0.29) is 16.4 Å². The molecule has 1 aromatic carbocycles. The molecule has 0 fully saturated rings. The Bertz CT molecular complexity index is 656. The number of H-pyrrole nitrogens is 1. The Morgan fingerprint density at radius 1 is 1.24 bits per heavy atom. The maximum atomic E-state index is 11.9. The van der Waals surface area contributed by atoms with Crippen molar-refractivity contribution in [2.45, 2.75) is 4.90 Å². The maximum absolute atomic E-state index is 11.9. The van der Waals surface area contributed by atoms with E-state index in [4.69, 9.17) is 5.26 Å². The molecule has 0 bridgehead atoms. The van der Waals surface area contributed by atoms with E-state index >= 15 is 0 Å². The van der Waals surface area contributed by atoms with Crippen molar-refractivity contribution in [3.63, 3.8) is 0 Å². The van der Waals surface area contributed by atoms with Crippen LogP contribution >= 0.6 is 0 Å². The highest BCUT2D eigenvalue weighted by Gasteiger charge is 2.17. The zero-order chi connectivity index (χ0) is 12.3. The Morgan fingerprint density at radius 2 is 1.94 bits per heavy atom. The minimum Gasteiger partial charge on any atom is -0.259 e. The molecule has 0 spiro atoms. The summed E-state index contributed by atoms with van der Waals surface area (Å²) in [5, 5.41) is 17.9. The molecule has 17 heavy (non-hydrogen) atoms. The summed E-state index contributed by atoms with van der Waals surface area (Å²) in [7, 11) is -3.74. The number of hydrogen-bond acceptors (Lipinski definition) is 5. The average Bonchev–Trinajstić information content (AvgIpc) is 2.77. The first-order chi connectivity index (χ1) is 8.13. The lowest BCUT2D eigenvalue weighted by Gasteiger charge is -2.04. The molecular formula is C9H7N5O2S. The topological polar surface area (TPSA) is 112 Å². The number of benzene rings is 1. The lowest BCUT2D eigenvalue weighted by molar-refractivity contribution is 0.601. The summed E-state index contributed by atoms with van der Waals surface area (Å²) in [6.45, 7) is 0. The highest BCUT2D eigenvalue weighted by Crippen LogP contribution is 2.14. The van der Waals surface area contributed by atoms with Gasteiger partial charge in [0.1, 0.15) is 6.07 Å². The van der Waals surface area contributed by atoms with E-state index in [2.05, 4.69) is 20.1 Å². The van der Waals surface area contributed by atoms with Crippen molar-refractivity contribution in [1.29, 1.82) is 5.26 Å². The molecule has 0 atom stereocenters. The van der Waals surface area contributed by atoms with Gasteiger partial charge in [-0.1, -0.05) is 18.2 Å². The summed E-state index contributed by atoms with van der Waals surface area (Å²) in [5.74, 6) is -0.114. The van der Waals surface area contributed by atoms with E-state index in [1.54, 1.807) is 24.3 Å². The fourth-order valence-corrected chi connectivity index (χ4v) is 2.20. The number of sulfonamides is 1. The molecule has 1 aromatic heterocycles. The van der Waals surface area contributed by atoms with Gasteiger partial charge < -0.3 is 0 Å². The maximum Gasteiger partial charge on any atom is 0.263 e. The molecule has 0 amide bonds. The number of nitrogens with one attached hydrogen (secondary N) is 2. The summed E-state index contributed by atoms with van der Waals surface area (Å²) >= 11 is 0. The third-order valence-electron chi connectivity index (χ3n) is 1.94. The highest BCUT2D eigenvalue weighted by molar-refractivity contribution is 7.92. The first-order valence-electron chi connectivity index (χ1n) is 4.52. The number of nitriles is 1. The fraction of sp³-hybridized carbons (Fsp3) is 0. The van der Waals surface area contributed by atoms with Crippen LogP contribution in [0.5, 0.6) is 0 Å². The van der Waals surface area contributed by atoms with Crippen LogP contribution < -0.4 is 4.72 Å². The van der Waals surface area contributed by atoms with Crippen molar-refractivity contribution < 1.29 is 8.42 Å². The Kier molecular flexibility index (Phi) is 2.76. The van der Waals surface area contributed by atoms with E-state index in [1.165, 1.54) is 12.1 Å². The van der Waals surface area contributed by atoms with Crippen molar-refractivity contribution in [2.24, 2.45) is 0 Å². The minimum absolute atomic E-state index is 0.0897. The van der Waals surface area contributed by atoms with Gasteiger partial charge in [0.15, 0.2) is 0 Å². The molecule has 86 valence electrons. The van der Waals surface area contributed by atoms with Crippen LogP contribution in [-0.2, 0) is 10.0 Å². The predicted octanol–water partition coefficient (Wildman–Crippen LogP) is 0.477. The van der Waals surface area contributed by atoms with Gasteiger partial charge in [0.05, 0.1) is 4.90 Å². The first-order valence-corrected chi connectivity index (χ1v) is 6.00. The van der Waals surface area contributed by atoms with Gasteiger partial charge in [0.25, 0.3) is 10.0 Å². The number of aromatic amines is 1. The largest absolute Gasteiger partial charge is 0.263 e. The molecule has 0 radical (unpaired) electrons. The second-order valence-corrected chi connectivity index (χ2v) is 4.73. The second kappa shape index (κ2) is 4.23. The van der Waals surface area contributed by atoms with E-state index in [0.717, 1.165) is 0 Å². The molecule has 0 saturated heterocycles. The van der Waals surface area contributed by atoms with Crippen molar-refractivity contribution in [3.05, 3.63) is 36.0 Å². The molecule has 0 unspecified atom stereocenters. The molecular weight excluding hydrogens is 242 g/mol. The third kappa shape index (κ3) is 2.24. The highest BCUT2D eigenvalue weighted by atomic mass is 32.2. The zero-order valence-electron chi connectivity index (χ0n) is 8.45. The van der Waals surface area contributed by atoms with Gasteiger partial charge in [-0.15, -0.1) is 10.2 Å². The van der Waals surface area contributed by atoms with E-state index in [0.29, 0.717) is 0 Å². The lowest BCUT2D eigenvalue weighted by atomic mass is 10.4. The van der Waals surface area contributed by atoms with Gasteiger partial charge in [0, 0.05) is 0 Å². The van der Waals surface area contributed by atoms with Crippen molar-refractivity contribution >= 4 is 15.8 Å². The van der Waals surface area contributed by atoms with Crippen LogP contribution in [0, 0.1) is 11.3 Å². The molecule has 2 rings (SSSR count).